The molecule has 0 N–H and O–H groups in total. The molecule has 0 nitrogen and oxygen atoms in total. The minimum absolute atomic E-state index is 0.299. The Morgan fingerprint density at radius 1 is 0.714 bits per heavy atom. The van der Waals surface area contributed by atoms with Gasteiger partial charge in [-0.2, -0.15) is 0 Å². The highest BCUT2D eigenvalue weighted by molar-refractivity contribution is 7.73. The summed E-state index contributed by atoms with van der Waals surface area (Å²) in [6.45, 7) is 8.47. The first kappa shape index (κ1) is 21.1. The van der Waals surface area contributed by atoms with Crippen LogP contribution in [0.25, 0.3) is 0 Å². The maximum Gasteiger partial charge on any atom is 0.134 e. The van der Waals surface area contributed by atoms with Gasteiger partial charge in [-0.05, 0) is 93.9 Å². The highest BCUT2D eigenvalue weighted by Crippen LogP contribution is 2.48. The maximum atomic E-state index is 14.5. The van der Waals surface area contributed by atoms with E-state index in [1.807, 2.05) is 0 Å². The molecule has 0 radical (unpaired) electrons. The van der Waals surface area contributed by atoms with Crippen molar-refractivity contribution in [2.45, 2.75) is 33.9 Å². The van der Waals surface area contributed by atoms with Gasteiger partial charge in [-0.3, -0.25) is 0 Å². The summed E-state index contributed by atoms with van der Waals surface area (Å²) in [5.74, 6) is -2.69. The fourth-order valence-electron chi connectivity index (χ4n) is 3.51. The third kappa shape index (κ3) is 4.04. The molecular weight excluding hydrogens is 402 g/mol. The lowest BCUT2D eigenvalue weighted by molar-refractivity contribution is 0.588. The molecule has 0 spiro atoms. The quantitative estimate of drug-likeness (QED) is 0.320. The van der Waals surface area contributed by atoms with E-state index < -0.39 is 38.7 Å². The van der Waals surface area contributed by atoms with Crippen LogP contribution in [0.15, 0.2) is 36.4 Å². The van der Waals surface area contributed by atoms with E-state index >= 15 is 0 Å². The fourth-order valence-corrected chi connectivity index (χ4v) is 9.32. The molecule has 0 saturated carbocycles. The van der Waals surface area contributed by atoms with Crippen molar-refractivity contribution in [2.75, 3.05) is 6.16 Å². The zero-order valence-corrected chi connectivity index (χ0v) is 18.1. The van der Waals surface area contributed by atoms with E-state index in [1.54, 1.807) is 0 Å². The van der Waals surface area contributed by atoms with Gasteiger partial charge in [-0.1, -0.05) is 0 Å². The van der Waals surface area contributed by atoms with E-state index in [0.717, 1.165) is 18.3 Å². The SMILES string of the molecule is Cc1c(C)c(C)p(CCP(c2ccc(F)cc2F)c2ccc(F)cc2F)c1C. The van der Waals surface area contributed by atoms with Crippen molar-refractivity contribution in [3.8, 4) is 0 Å². The fraction of sp³-hybridized carbons (Fsp3) is 0.273. The first-order chi connectivity index (χ1) is 13.2. The van der Waals surface area contributed by atoms with Crippen molar-refractivity contribution in [3.63, 3.8) is 0 Å². The lowest BCUT2D eigenvalue weighted by atomic mass is 10.2. The molecule has 0 aliphatic carbocycles. The molecule has 1 aromatic heterocycles. The largest absolute Gasteiger partial charge is 0.207 e. The average molecular weight is 424 g/mol. The summed E-state index contributed by atoms with van der Waals surface area (Å²) < 4.78 is 55.9. The minimum Gasteiger partial charge on any atom is -0.207 e. The Bertz CT molecular complexity index is 947. The van der Waals surface area contributed by atoms with Crippen molar-refractivity contribution >= 4 is 26.1 Å². The zero-order valence-electron chi connectivity index (χ0n) is 16.3. The molecule has 0 amide bonds. The van der Waals surface area contributed by atoms with Crippen molar-refractivity contribution in [1.82, 2.24) is 0 Å². The van der Waals surface area contributed by atoms with Crippen molar-refractivity contribution in [2.24, 2.45) is 0 Å². The first-order valence-corrected chi connectivity index (χ1v) is 12.1. The van der Waals surface area contributed by atoms with Gasteiger partial charge < -0.3 is 0 Å². The smallest absolute Gasteiger partial charge is 0.134 e. The number of hydrogen-bond acceptors (Lipinski definition) is 0. The summed E-state index contributed by atoms with van der Waals surface area (Å²) in [6.07, 6.45) is 1.35. The van der Waals surface area contributed by atoms with E-state index in [1.165, 1.54) is 46.0 Å². The molecule has 0 aliphatic rings. The molecule has 0 saturated heterocycles. The average Bonchev–Trinajstić information content (AvgIpc) is 2.81. The Kier molecular flexibility index (Phi) is 6.32. The highest BCUT2D eigenvalue weighted by Gasteiger charge is 2.23. The van der Waals surface area contributed by atoms with Gasteiger partial charge in [0.2, 0.25) is 0 Å². The summed E-state index contributed by atoms with van der Waals surface area (Å²) in [5, 5.41) is 3.29. The molecule has 0 bridgehead atoms. The van der Waals surface area contributed by atoms with Crippen LogP contribution in [-0.4, -0.2) is 6.16 Å². The van der Waals surface area contributed by atoms with Crippen LogP contribution >= 0.6 is 15.5 Å². The van der Waals surface area contributed by atoms with Crippen LogP contribution in [-0.2, 0) is 6.16 Å². The van der Waals surface area contributed by atoms with Crippen LogP contribution in [0.5, 0.6) is 0 Å². The molecule has 3 aromatic rings. The first-order valence-electron chi connectivity index (χ1n) is 9.01. The predicted octanol–water partition coefficient (Wildman–Crippen LogP) is 6.60. The number of hydrogen-bond donors (Lipinski definition) is 0. The number of rotatable bonds is 5. The van der Waals surface area contributed by atoms with Gasteiger partial charge in [0.05, 0.1) is 0 Å². The van der Waals surface area contributed by atoms with E-state index in [2.05, 4.69) is 27.7 Å². The second-order valence-electron chi connectivity index (χ2n) is 6.92. The lowest BCUT2D eigenvalue weighted by Gasteiger charge is -2.21. The normalized spacial score (nSPS) is 11.5. The summed E-state index contributed by atoms with van der Waals surface area (Å²) >= 11 is 0. The van der Waals surface area contributed by atoms with Gasteiger partial charge >= 0.3 is 0 Å². The molecule has 0 atom stereocenters. The Labute approximate surface area is 165 Å². The summed E-state index contributed by atoms with van der Waals surface area (Å²) in [5.41, 5.74) is 2.60. The van der Waals surface area contributed by atoms with E-state index in [-0.39, 0.29) is 0 Å². The van der Waals surface area contributed by atoms with Crippen molar-refractivity contribution in [1.29, 1.82) is 0 Å². The van der Waals surface area contributed by atoms with Gasteiger partial charge in [0, 0.05) is 22.7 Å². The van der Waals surface area contributed by atoms with Crippen LogP contribution in [0.4, 0.5) is 17.6 Å². The summed E-state index contributed by atoms with van der Waals surface area (Å²) in [4.78, 5) is 0. The molecule has 0 fully saturated rings. The van der Waals surface area contributed by atoms with E-state index in [9.17, 15) is 17.6 Å². The Morgan fingerprint density at radius 3 is 1.54 bits per heavy atom. The second-order valence-corrected chi connectivity index (χ2v) is 11.8. The Morgan fingerprint density at radius 2 is 1.14 bits per heavy atom. The van der Waals surface area contributed by atoms with Crippen LogP contribution in [0.3, 0.4) is 0 Å². The van der Waals surface area contributed by atoms with Gasteiger partial charge in [-0.15, -0.1) is 7.53 Å². The summed E-state index contributed by atoms with van der Waals surface area (Å²) in [6, 6.07) is 6.84. The lowest BCUT2D eigenvalue weighted by Crippen LogP contribution is -2.20. The predicted molar refractivity (Wildman–Crippen MR) is 112 cm³/mol. The van der Waals surface area contributed by atoms with Crippen LogP contribution in [0.2, 0.25) is 0 Å². The molecule has 2 aromatic carbocycles. The molecule has 148 valence electrons. The molecule has 0 aliphatic heterocycles. The molecule has 3 rings (SSSR count). The van der Waals surface area contributed by atoms with Crippen molar-refractivity contribution in [3.05, 3.63) is 81.4 Å². The van der Waals surface area contributed by atoms with Gasteiger partial charge in [0.25, 0.3) is 0 Å². The van der Waals surface area contributed by atoms with Gasteiger partial charge in [-0.25, -0.2) is 17.6 Å². The third-order valence-corrected chi connectivity index (χ3v) is 11.3. The van der Waals surface area contributed by atoms with Crippen LogP contribution in [0.1, 0.15) is 21.7 Å². The second kappa shape index (κ2) is 8.39. The van der Waals surface area contributed by atoms with Crippen LogP contribution in [0, 0.1) is 51.0 Å². The topological polar surface area (TPSA) is 0 Å². The standard InChI is InChI=1S/C22H22F4P2/c1-13-14(2)16(4)27(15(13)3)9-10-28(21-7-5-17(23)11-19(21)25)22-8-6-18(24)12-20(22)26/h5-8,11-12H,9-10H2,1-4H3. The van der Waals surface area contributed by atoms with Crippen LogP contribution < -0.4 is 10.6 Å². The molecular formula is C22H22F4P2. The Balaban J connectivity index is 2.03. The van der Waals surface area contributed by atoms with E-state index in [0.29, 0.717) is 16.8 Å². The molecule has 28 heavy (non-hydrogen) atoms. The molecule has 0 unspecified atom stereocenters. The maximum absolute atomic E-state index is 14.5. The minimum atomic E-state index is -1.41. The third-order valence-electron chi connectivity index (χ3n) is 5.41. The van der Waals surface area contributed by atoms with E-state index in [4.69, 9.17) is 0 Å². The zero-order chi connectivity index (χ0) is 20.6. The number of halogens is 4. The highest BCUT2D eigenvalue weighted by atomic mass is 31.1. The van der Waals surface area contributed by atoms with Gasteiger partial charge in [0.1, 0.15) is 23.3 Å². The molecule has 6 heteroatoms. The summed E-state index contributed by atoms with van der Waals surface area (Å²) in [7, 11) is -1.92. The number of benzene rings is 2. The van der Waals surface area contributed by atoms with Gasteiger partial charge in [0.15, 0.2) is 0 Å². The van der Waals surface area contributed by atoms with Crippen molar-refractivity contribution < 1.29 is 17.6 Å². The monoisotopic (exact) mass is 424 g/mol. The molecule has 1 heterocycles. The Hall–Kier alpha value is -1.63.